The molecule has 0 saturated carbocycles. The maximum Gasteiger partial charge on any atom is 0.388 e. The van der Waals surface area contributed by atoms with E-state index in [2.05, 4.69) is 9.72 Å². The van der Waals surface area contributed by atoms with Gasteiger partial charge in [-0.25, -0.2) is 4.98 Å². The fraction of sp³-hybridized carbons (Fsp3) is 0.286. The minimum Gasteiger partial charge on any atom is -0.417 e. The Kier molecular flexibility index (Phi) is 3.69. The molecule has 0 radical (unpaired) electrons. The monoisotopic (exact) mass is 227 g/mol. The summed E-state index contributed by atoms with van der Waals surface area (Å²) in [4.78, 5) is 3.58. The van der Waals surface area contributed by atoms with E-state index in [0.717, 1.165) is 0 Å². The lowest BCUT2D eigenvalue weighted by Crippen LogP contribution is -2.03. The molecular formula is C7H5Cl2F2NO. The summed E-state index contributed by atoms with van der Waals surface area (Å²) >= 11 is 11.1. The van der Waals surface area contributed by atoms with Crippen molar-refractivity contribution in [1.29, 1.82) is 0 Å². The van der Waals surface area contributed by atoms with Crippen LogP contribution in [0, 0.1) is 0 Å². The van der Waals surface area contributed by atoms with Crippen molar-refractivity contribution < 1.29 is 13.5 Å². The molecule has 0 fully saturated rings. The molecule has 1 heterocycles. The van der Waals surface area contributed by atoms with Crippen LogP contribution in [0.4, 0.5) is 8.78 Å². The van der Waals surface area contributed by atoms with Crippen LogP contribution in [-0.4, -0.2) is 11.6 Å². The number of pyridine rings is 1. The average molecular weight is 228 g/mol. The zero-order chi connectivity index (χ0) is 9.84. The summed E-state index contributed by atoms with van der Waals surface area (Å²) in [6, 6.07) is 1.20. The first-order valence-corrected chi connectivity index (χ1v) is 4.20. The number of aromatic nitrogens is 1. The van der Waals surface area contributed by atoms with E-state index in [1.165, 1.54) is 12.3 Å². The van der Waals surface area contributed by atoms with E-state index in [1.807, 2.05) is 0 Å². The van der Waals surface area contributed by atoms with Gasteiger partial charge in [0.25, 0.3) is 0 Å². The number of hydrogen-bond donors (Lipinski definition) is 0. The number of alkyl halides is 3. The van der Waals surface area contributed by atoms with Gasteiger partial charge < -0.3 is 4.74 Å². The number of ether oxygens (including phenoxy) is 1. The van der Waals surface area contributed by atoms with Crippen LogP contribution >= 0.6 is 23.2 Å². The van der Waals surface area contributed by atoms with Gasteiger partial charge in [-0.05, 0) is 0 Å². The van der Waals surface area contributed by atoms with Crippen molar-refractivity contribution in [3.8, 4) is 5.88 Å². The zero-order valence-corrected chi connectivity index (χ0v) is 7.82. The number of nitrogens with zero attached hydrogens (tertiary/aromatic N) is 1. The molecule has 0 spiro atoms. The van der Waals surface area contributed by atoms with Gasteiger partial charge in [-0.1, -0.05) is 11.6 Å². The predicted molar refractivity (Wildman–Crippen MR) is 45.4 cm³/mol. The molecule has 0 aliphatic carbocycles. The Bertz CT molecular complexity index is 296. The number of halogens is 4. The maximum absolute atomic E-state index is 11.7. The molecule has 0 atom stereocenters. The standard InChI is InChI=1S/C7H5Cl2F2NO/c8-2-4-3-12-6(1-5(4)9)13-7(10)11/h1,3,7H,2H2. The van der Waals surface area contributed by atoms with Gasteiger partial charge in [0.2, 0.25) is 5.88 Å². The van der Waals surface area contributed by atoms with E-state index in [-0.39, 0.29) is 16.8 Å². The second-order valence-corrected chi connectivity index (χ2v) is 2.80. The smallest absolute Gasteiger partial charge is 0.388 e. The number of hydrogen-bond acceptors (Lipinski definition) is 2. The lowest BCUT2D eigenvalue weighted by atomic mass is 10.3. The third-order valence-corrected chi connectivity index (χ3v) is 1.90. The molecule has 1 rings (SSSR count). The lowest BCUT2D eigenvalue weighted by Gasteiger charge is -2.04. The molecule has 0 amide bonds. The Hall–Kier alpha value is -0.610. The first kappa shape index (κ1) is 10.5. The largest absolute Gasteiger partial charge is 0.417 e. The third kappa shape index (κ3) is 2.97. The summed E-state index contributed by atoms with van der Waals surface area (Å²) in [5.74, 6) is -0.0327. The zero-order valence-electron chi connectivity index (χ0n) is 6.31. The highest BCUT2D eigenvalue weighted by atomic mass is 35.5. The molecule has 0 saturated heterocycles. The third-order valence-electron chi connectivity index (χ3n) is 1.26. The van der Waals surface area contributed by atoms with Crippen LogP contribution in [0.1, 0.15) is 5.56 Å². The Labute approximate surface area is 83.4 Å². The van der Waals surface area contributed by atoms with Crippen molar-refractivity contribution in [1.82, 2.24) is 4.98 Å². The molecule has 2 nitrogen and oxygen atoms in total. The van der Waals surface area contributed by atoms with Crippen LogP contribution in [0.3, 0.4) is 0 Å². The molecule has 1 aromatic rings. The van der Waals surface area contributed by atoms with Crippen molar-refractivity contribution in [3.05, 3.63) is 22.8 Å². The SMILES string of the molecule is FC(F)Oc1cc(Cl)c(CCl)cn1. The van der Waals surface area contributed by atoms with Crippen LogP contribution in [0.5, 0.6) is 5.88 Å². The summed E-state index contributed by atoms with van der Waals surface area (Å²) in [5.41, 5.74) is 0.574. The minimum absolute atomic E-state index is 0.181. The predicted octanol–water partition coefficient (Wildman–Crippen LogP) is 3.08. The topological polar surface area (TPSA) is 22.1 Å². The molecule has 0 unspecified atom stereocenters. The number of rotatable bonds is 3. The highest BCUT2D eigenvalue weighted by molar-refractivity contribution is 6.32. The molecular weight excluding hydrogens is 223 g/mol. The van der Waals surface area contributed by atoms with Gasteiger partial charge in [-0.15, -0.1) is 11.6 Å². The van der Waals surface area contributed by atoms with E-state index in [4.69, 9.17) is 23.2 Å². The summed E-state index contributed by atoms with van der Waals surface area (Å²) in [6.45, 7) is -2.90. The van der Waals surface area contributed by atoms with Gasteiger partial charge in [0.05, 0.1) is 10.9 Å². The Morgan fingerprint density at radius 3 is 2.69 bits per heavy atom. The van der Waals surface area contributed by atoms with E-state index < -0.39 is 6.61 Å². The molecule has 6 heteroatoms. The van der Waals surface area contributed by atoms with Crippen molar-refractivity contribution in [2.45, 2.75) is 12.5 Å². The molecule has 1 aromatic heterocycles. The van der Waals surface area contributed by atoms with Crippen LogP contribution < -0.4 is 4.74 Å². The van der Waals surface area contributed by atoms with E-state index >= 15 is 0 Å². The molecule has 0 bridgehead atoms. The molecule has 13 heavy (non-hydrogen) atoms. The summed E-state index contributed by atoms with van der Waals surface area (Å²) in [6.07, 6.45) is 1.30. The average Bonchev–Trinajstić information content (AvgIpc) is 2.03. The lowest BCUT2D eigenvalue weighted by molar-refractivity contribution is -0.0528. The van der Waals surface area contributed by atoms with E-state index in [9.17, 15) is 8.78 Å². The minimum atomic E-state index is -2.90. The van der Waals surface area contributed by atoms with Crippen molar-refractivity contribution >= 4 is 23.2 Å². The van der Waals surface area contributed by atoms with Gasteiger partial charge in [0.15, 0.2) is 0 Å². The molecule has 0 aromatic carbocycles. The normalized spacial score (nSPS) is 10.5. The quantitative estimate of drug-likeness (QED) is 0.741. The van der Waals surface area contributed by atoms with Crippen LogP contribution in [0.25, 0.3) is 0 Å². The first-order valence-electron chi connectivity index (χ1n) is 3.28. The molecule has 0 N–H and O–H groups in total. The summed E-state index contributed by atoms with van der Waals surface area (Å²) < 4.78 is 27.4. The molecule has 72 valence electrons. The van der Waals surface area contributed by atoms with Crippen LogP contribution in [0.15, 0.2) is 12.3 Å². The second kappa shape index (κ2) is 4.58. The van der Waals surface area contributed by atoms with Crippen LogP contribution in [0.2, 0.25) is 5.02 Å². The highest BCUT2D eigenvalue weighted by Crippen LogP contribution is 2.22. The Morgan fingerprint density at radius 1 is 1.54 bits per heavy atom. The van der Waals surface area contributed by atoms with E-state index in [0.29, 0.717) is 5.56 Å². The van der Waals surface area contributed by atoms with Gasteiger partial charge in [0, 0.05) is 17.8 Å². The van der Waals surface area contributed by atoms with Crippen molar-refractivity contribution in [3.63, 3.8) is 0 Å². The Morgan fingerprint density at radius 2 is 2.23 bits per heavy atom. The fourth-order valence-corrected chi connectivity index (χ4v) is 1.19. The van der Waals surface area contributed by atoms with Gasteiger partial charge in [-0.3, -0.25) is 0 Å². The van der Waals surface area contributed by atoms with Gasteiger partial charge in [-0.2, -0.15) is 8.78 Å². The fourth-order valence-electron chi connectivity index (χ4n) is 0.696. The van der Waals surface area contributed by atoms with Gasteiger partial charge in [0.1, 0.15) is 0 Å². The highest BCUT2D eigenvalue weighted by Gasteiger charge is 2.07. The maximum atomic E-state index is 11.7. The van der Waals surface area contributed by atoms with Gasteiger partial charge >= 0.3 is 6.61 Å². The second-order valence-electron chi connectivity index (χ2n) is 2.13. The molecule has 0 aliphatic rings. The first-order chi connectivity index (χ1) is 6.13. The van der Waals surface area contributed by atoms with Crippen molar-refractivity contribution in [2.75, 3.05) is 0 Å². The summed E-state index contributed by atoms with van der Waals surface area (Å²) in [7, 11) is 0. The van der Waals surface area contributed by atoms with E-state index in [1.54, 1.807) is 0 Å². The Balaban J connectivity index is 2.83. The van der Waals surface area contributed by atoms with Crippen molar-refractivity contribution in [2.24, 2.45) is 0 Å². The van der Waals surface area contributed by atoms with Crippen LogP contribution in [-0.2, 0) is 5.88 Å². The molecule has 0 aliphatic heterocycles. The summed E-state index contributed by atoms with van der Waals surface area (Å²) in [5, 5.41) is 0.264.